The predicted octanol–water partition coefficient (Wildman–Crippen LogP) is 2.69. The summed E-state index contributed by atoms with van der Waals surface area (Å²) in [4.78, 5) is 33.3. The van der Waals surface area contributed by atoms with Crippen molar-refractivity contribution in [2.24, 2.45) is 0 Å². The maximum Gasteiger partial charge on any atom is 0.255 e. The number of nitrogens with zero attached hydrogens (tertiary/aromatic N) is 3. The van der Waals surface area contributed by atoms with E-state index >= 15 is 0 Å². The largest absolute Gasteiger partial charge is 0.482 e. The van der Waals surface area contributed by atoms with Gasteiger partial charge in [0.25, 0.3) is 5.91 Å². The number of aryl methyl sites for hydroxylation is 1. The molecule has 2 N–H and O–H groups in total. The van der Waals surface area contributed by atoms with Crippen molar-refractivity contribution in [3.05, 3.63) is 53.2 Å². The van der Waals surface area contributed by atoms with E-state index in [4.69, 9.17) is 15.2 Å². The fourth-order valence-electron chi connectivity index (χ4n) is 3.99. The number of likely N-dealkylation sites (tertiary alicyclic amines) is 1. The molecule has 2 unspecified atom stereocenters. The quantitative estimate of drug-likeness (QED) is 0.659. The Bertz CT molecular complexity index is 990. The molecule has 1 aromatic heterocycles. The normalized spacial score (nSPS) is 20.0. The van der Waals surface area contributed by atoms with Gasteiger partial charge in [-0.25, -0.2) is 4.98 Å². The average molecular weight is 455 g/mol. The van der Waals surface area contributed by atoms with E-state index in [1.54, 1.807) is 23.0 Å². The highest BCUT2D eigenvalue weighted by molar-refractivity contribution is 5.94. The van der Waals surface area contributed by atoms with Crippen LogP contribution in [0.15, 0.2) is 36.5 Å². The lowest BCUT2D eigenvalue weighted by Crippen LogP contribution is -2.44. The summed E-state index contributed by atoms with van der Waals surface area (Å²) in [5, 5.41) is 0. The number of hydrogen-bond donors (Lipinski definition) is 1. The average Bonchev–Trinajstić information content (AvgIpc) is 3.14. The number of anilines is 1. The Kier molecular flexibility index (Phi) is 7.58. The highest BCUT2D eigenvalue weighted by atomic mass is 16.5. The molecule has 1 aliphatic rings. The van der Waals surface area contributed by atoms with Crippen LogP contribution in [0.5, 0.6) is 5.75 Å². The first-order chi connectivity index (χ1) is 15.7. The van der Waals surface area contributed by atoms with Crippen molar-refractivity contribution in [1.82, 2.24) is 14.8 Å². The molecule has 2 atom stereocenters. The molecule has 0 radical (unpaired) electrons. The Morgan fingerprint density at radius 2 is 1.91 bits per heavy atom. The maximum absolute atomic E-state index is 13.0. The van der Waals surface area contributed by atoms with Gasteiger partial charge in [0.2, 0.25) is 5.91 Å². The van der Waals surface area contributed by atoms with Crippen LogP contribution < -0.4 is 10.5 Å². The van der Waals surface area contributed by atoms with Crippen LogP contribution in [0.1, 0.15) is 42.3 Å². The molecule has 0 saturated carbocycles. The number of ether oxygens (including phenoxy) is 2. The van der Waals surface area contributed by atoms with Gasteiger partial charge in [0.15, 0.2) is 11.6 Å². The number of hydrogen-bond acceptors (Lipinski definition) is 6. The highest BCUT2D eigenvalue weighted by Crippen LogP contribution is 2.32. The minimum Gasteiger partial charge on any atom is -0.482 e. The smallest absolute Gasteiger partial charge is 0.255 e. The Morgan fingerprint density at radius 3 is 2.52 bits per heavy atom. The molecule has 33 heavy (non-hydrogen) atoms. The predicted molar refractivity (Wildman–Crippen MR) is 127 cm³/mol. The highest BCUT2D eigenvalue weighted by Gasteiger charge is 2.47. The molecule has 8 nitrogen and oxygen atoms in total. The number of benzene rings is 1. The second kappa shape index (κ2) is 10.2. The van der Waals surface area contributed by atoms with Gasteiger partial charge in [-0.3, -0.25) is 9.59 Å². The number of carbonyl (C=O) groups excluding carboxylic acids is 2. The number of methoxy groups -OCH3 is 1. The van der Waals surface area contributed by atoms with Crippen LogP contribution in [0, 0.1) is 6.92 Å². The molecule has 1 fully saturated rings. The summed E-state index contributed by atoms with van der Waals surface area (Å²) in [6.45, 7) is 9.71. The Labute approximate surface area is 195 Å². The van der Waals surface area contributed by atoms with E-state index in [1.165, 1.54) is 6.20 Å². The third-order valence-corrected chi connectivity index (χ3v) is 6.32. The van der Waals surface area contributed by atoms with Gasteiger partial charge in [-0.05, 0) is 39.3 Å². The molecule has 2 aromatic rings. The lowest BCUT2D eigenvalue weighted by molar-refractivity contribution is -0.130. The van der Waals surface area contributed by atoms with Crippen molar-refractivity contribution in [1.29, 1.82) is 0 Å². The molecule has 1 saturated heterocycles. The van der Waals surface area contributed by atoms with Gasteiger partial charge in [0.1, 0.15) is 11.7 Å². The van der Waals surface area contributed by atoms with Crippen LogP contribution in [-0.4, -0.2) is 71.6 Å². The minimum atomic E-state index is -0.728. The van der Waals surface area contributed by atoms with Crippen LogP contribution in [0.4, 0.5) is 5.82 Å². The first-order valence-electron chi connectivity index (χ1n) is 11.3. The number of aromatic nitrogens is 1. The van der Waals surface area contributed by atoms with Crippen molar-refractivity contribution in [3.63, 3.8) is 0 Å². The second-order valence-electron chi connectivity index (χ2n) is 8.64. The molecule has 178 valence electrons. The van der Waals surface area contributed by atoms with Gasteiger partial charge in [-0.1, -0.05) is 29.8 Å². The molecule has 0 bridgehead atoms. The Hall–Kier alpha value is -3.13. The van der Waals surface area contributed by atoms with Crippen LogP contribution in [0.3, 0.4) is 0 Å². The standard InChI is InChI=1S/C25H34N4O4/c1-6-28(7-2)24(31)19-13-20(23(26)27-14-19)33-21-15-29(16-25(21,4)32-5)22(30)12-18-10-8-17(3)9-11-18/h8-11,13-14,21H,6-7,12,15-16H2,1-5H3,(H2,26,27). The Morgan fingerprint density at radius 1 is 1.24 bits per heavy atom. The number of nitrogens with two attached hydrogens (primary N) is 1. The fourth-order valence-corrected chi connectivity index (χ4v) is 3.99. The summed E-state index contributed by atoms with van der Waals surface area (Å²) in [7, 11) is 1.60. The van der Waals surface area contributed by atoms with E-state index in [9.17, 15) is 9.59 Å². The lowest BCUT2D eigenvalue weighted by atomic mass is 10.0. The number of nitrogen functional groups attached to an aromatic ring is 1. The fraction of sp³-hybridized carbons (Fsp3) is 0.480. The molecule has 3 rings (SSSR count). The van der Waals surface area contributed by atoms with E-state index < -0.39 is 11.7 Å². The summed E-state index contributed by atoms with van der Waals surface area (Å²) < 4.78 is 12.0. The van der Waals surface area contributed by atoms with E-state index in [-0.39, 0.29) is 17.6 Å². The van der Waals surface area contributed by atoms with Gasteiger partial charge >= 0.3 is 0 Å². The molecular weight excluding hydrogens is 420 g/mol. The molecule has 0 aliphatic carbocycles. The maximum atomic E-state index is 13.0. The molecule has 8 heteroatoms. The number of pyridine rings is 1. The summed E-state index contributed by atoms with van der Waals surface area (Å²) in [6.07, 6.45) is 1.31. The van der Waals surface area contributed by atoms with Gasteiger partial charge in [-0.2, -0.15) is 0 Å². The molecule has 2 heterocycles. The number of rotatable bonds is 8. The number of carbonyl (C=O) groups is 2. The lowest BCUT2D eigenvalue weighted by Gasteiger charge is -2.29. The van der Waals surface area contributed by atoms with Crippen molar-refractivity contribution >= 4 is 17.6 Å². The summed E-state index contributed by atoms with van der Waals surface area (Å²) in [5.74, 6) is 0.376. The van der Waals surface area contributed by atoms with Gasteiger partial charge in [0, 0.05) is 26.4 Å². The Balaban J connectivity index is 1.77. The van der Waals surface area contributed by atoms with Gasteiger partial charge < -0.3 is 25.0 Å². The molecular formula is C25H34N4O4. The first kappa shape index (κ1) is 24.5. The zero-order valence-corrected chi connectivity index (χ0v) is 20.1. The topological polar surface area (TPSA) is 98.0 Å². The first-order valence-corrected chi connectivity index (χ1v) is 11.3. The monoisotopic (exact) mass is 454 g/mol. The zero-order valence-electron chi connectivity index (χ0n) is 20.1. The van der Waals surface area contributed by atoms with E-state index in [2.05, 4.69) is 4.98 Å². The third kappa shape index (κ3) is 5.45. The number of amides is 2. The van der Waals surface area contributed by atoms with Crippen LogP contribution in [0.25, 0.3) is 0 Å². The van der Waals surface area contributed by atoms with Crippen molar-refractivity contribution in [3.8, 4) is 5.75 Å². The van der Waals surface area contributed by atoms with Gasteiger partial charge in [0.05, 0.1) is 25.1 Å². The summed E-state index contributed by atoms with van der Waals surface area (Å²) in [6, 6.07) is 9.56. The molecule has 2 amide bonds. The van der Waals surface area contributed by atoms with E-state index in [1.807, 2.05) is 52.0 Å². The molecule has 1 aliphatic heterocycles. The minimum absolute atomic E-state index is 0.00443. The van der Waals surface area contributed by atoms with Crippen molar-refractivity contribution < 1.29 is 19.1 Å². The molecule has 1 aromatic carbocycles. The van der Waals surface area contributed by atoms with E-state index in [0.29, 0.717) is 43.9 Å². The summed E-state index contributed by atoms with van der Waals surface area (Å²) >= 11 is 0. The zero-order chi connectivity index (χ0) is 24.2. The SMILES string of the molecule is CCN(CC)C(=O)c1cnc(N)c(OC2CN(C(=O)Cc3ccc(C)cc3)CC2(C)OC)c1. The molecule has 0 spiro atoms. The third-order valence-electron chi connectivity index (χ3n) is 6.32. The second-order valence-corrected chi connectivity index (χ2v) is 8.64. The van der Waals surface area contributed by atoms with Crippen LogP contribution >= 0.6 is 0 Å². The van der Waals surface area contributed by atoms with E-state index in [0.717, 1.165) is 11.1 Å². The van der Waals surface area contributed by atoms with Crippen molar-refractivity contribution in [2.45, 2.75) is 45.8 Å². The van der Waals surface area contributed by atoms with Crippen LogP contribution in [0.2, 0.25) is 0 Å². The van der Waals surface area contributed by atoms with Gasteiger partial charge in [-0.15, -0.1) is 0 Å². The van der Waals surface area contributed by atoms with Crippen LogP contribution in [-0.2, 0) is 16.0 Å². The summed E-state index contributed by atoms with van der Waals surface area (Å²) in [5.41, 5.74) is 7.86. The van der Waals surface area contributed by atoms with Crippen molar-refractivity contribution in [2.75, 3.05) is 39.0 Å².